The highest BCUT2D eigenvalue weighted by Gasteiger charge is 2.21. The number of hydrogen-bond acceptors (Lipinski definition) is 5. The monoisotopic (exact) mass is 278 g/mol. The highest BCUT2D eigenvalue weighted by Crippen LogP contribution is 2.43. The van der Waals surface area contributed by atoms with E-state index in [1.54, 1.807) is 12.1 Å². The van der Waals surface area contributed by atoms with Gasteiger partial charge in [0, 0.05) is 0 Å². The molecule has 0 saturated heterocycles. The number of aromatic nitrogens is 2. The Morgan fingerprint density at radius 1 is 1.15 bits per heavy atom. The number of rotatable bonds is 5. The van der Waals surface area contributed by atoms with Crippen LogP contribution in [0.5, 0.6) is 17.2 Å². The van der Waals surface area contributed by atoms with Crippen molar-refractivity contribution >= 4 is 5.97 Å². The Bertz CT molecular complexity index is 636. The van der Waals surface area contributed by atoms with Gasteiger partial charge in [-0.25, -0.2) is 4.79 Å². The number of nitrogens with zero attached hydrogens (tertiary/aromatic N) is 1. The second-order valence-corrected chi connectivity index (χ2v) is 3.85. The Morgan fingerprint density at radius 2 is 1.80 bits per heavy atom. The molecule has 2 N–H and O–H groups in total. The molecule has 2 rings (SSSR count). The molecule has 0 atom stereocenters. The molecule has 0 fully saturated rings. The number of aromatic carboxylic acids is 1. The summed E-state index contributed by atoms with van der Waals surface area (Å²) in [4.78, 5) is 10.9. The number of H-pyrrole nitrogens is 1. The van der Waals surface area contributed by atoms with Crippen LogP contribution in [0.2, 0.25) is 0 Å². The smallest absolute Gasteiger partial charge is 0.353 e. The van der Waals surface area contributed by atoms with E-state index >= 15 is 0 Å². The quantitative estimate of drug-likeness (QED) is 0.866. The lowest BCUT2D eigenvalue weighted by molar-refractivity contribution is 0.0690. The lowest BCUT2D eigenvalue weighted by atomic mass is 10.1. The first kappa shape index (κ1) is 13.7. The third kappa shape index (κ3) is 2.25. The van der Waals surface area contributed by atoms with Crippen LogP contribution in [0.4, 0.5) is 0 Å². The van der Waals surface area contributed by atoms with Crippen molar-refractivity contribution in [3.63, 3.8) is 0 Å². The number of aromatic amines is 1. The largest absolute Gasteiger partial charge is 0.496 e. The average molecular weight is 278 g/mol. The molecule has 1 heterocycles. The zero-order valence-corrected chi connectivity index (χ0v) is 11.3. The Hall–Kier alpha value is -2.70. The fourth-order valence-electron chi connectivity index (χ4n) is 1.88. The van der Waals surface area contributed by atoms with Crippen molar-refractivity contribution in [1.82, 2.24) is 10.2 Å². The van der Waals surface area contributed by atoms with Gasteiger partial charge in [0.05, 0.1) is 26.9 Å². The minimum atomic E-state index is -1.09. The Morgan fingerprint density at radius 3 is 2.30 bits per heavy atom. The van der Waals surface area contributed by atoms with E-state index in [2.05, 4.69) is 10.2 Å². The zero-order valence-electron chi connectivity index (χ0n) is 11.3. The highest BCUT2D eigenvalue weighted by atomic mass is 16.5. The molecule has 0 radical (unpaired) electrons. The second-order valence-electron chi connectivity index (χ2n) is 3.85. The molecule has 7 heteroatoms. The number of methoxy groups -OCH3 is 3. The van der Waals surface area contributed by atoms with E-state index in [1.165, 1.54) is 27.4 Å². The Kier molecular flexibility index (Phi) is 3.79. The van der Waals surface area contributed by atoms with Crippen LogP contribution in [0.25, 0.3) is 11.3 Å². The molecule has 20 heavy (non-hydrogen) atoms. The maximum atomic E-state index is 10.9. The van der Waals surface area contributed by atoms with Crippen LogP contribution in [0, 0.1) is 0 Å². The Labute approximate surface area is 115 Å². The molecular formula is C13H14N2O5. The van der Waals surface area contributed by atoms with Crippen molar-refractivity contribution in [2.75, 3.05) is 21.3 Å². The normalized spacial score (nSPS) is 10.2. The molecule has 1 aromatic carbocycles. The zero-order chi connectivity index (χ0) is 14.7. The molecule has 7 nitrogen and oxygen atoms in total. The summed E-state index contributed by atoms with van der Waals surface area (Å²) in [7, 11) is 4.52. The van der Waals surface area contributed by atoms with Gasteiger partial charge in [-0.2, -0.15) is 5.10 Å². The molecule has 0 bridgehead atoms. The Balaban J connectivity index is 2.65. The van der Waals surface area contributed by atoms with Crippen molar-refractivity contribution in [3.05, 3.63) is 23.9 Å². The van der Waals surface area contributed by atoms with Gasteiger partial charge in [0.15, 0.2) is 11.5 Å². The molecule has 0 aliphatic rings. The predicted octanol–water partition coefficient (Wildman–Crippen LogP) is 1.80. The number of nitrogens with one attached hydrogen (secondary N) is 1. The van der Waals surface area contributed by atoms with Gasteiger partial charge in [-0.15, -0.1) is 0 Å². The highest BCUT2D eigenvalue weighted by molar-refractivity contribution is 5.88. The molecule has 0 saturated carbocycles. The van der Waals surface area contributed by atoms with E-state index in [0.29, 0.717) is 28.5 Å². The van der Waals surface area contributed by atoms with Crippen molar-refractivity contribution in [3.8, 4) is 28.5 Å². The van der Waals surface area contributed by atoms with E-state index < -0.39 is 5.97 Å². The number of ether oxygens (including phenoxy) is 3. The predicted molar refractivity (Wildman–Crippen MR) is 70.6 cm³/mol. The van der Waals surface area contributed by atoms with Crippen LogP contribution in [-0.2, 0) is 0 Å². The first-order valence-electron chi connectivity index (χ1n) is 5.70. The number of hydrogen-bond donors (Lipinski definition) is 2. The van der Waals surface area contributed by atoms with E-state index in [4.69, 9.17) is 19.3 Å². The average Bonchev–Trinajstić information content (AvgIpc) is 2.95. The number of carboxylic acid groups (broad SMARTS) is 1. The van der Waals surface area contributed by atoms with E-state index in [0.717, 1.165) is 0 Å². The van der Waals surface area contributed by atoms with Crippen LogP contribution in [-0.4, -0.2) is 42.6 Å². The summed E-state index contributed by atoms with van der Waals surface area (Å²) in [5.74, 6) is 0.342. The van der Waals surface area contributed by atoms with Gasteiger partial charge >= 0.3 is 5.97 Å². The molecule has 0 amide bonds. The van der Waals surface area contributed by atoms with Gasteiger partial charge in [-0.05, 0) is 18.2 Å². The first-order valence-corrected chi connectivity index (χ1v) is 5.70. The summed E-state index contributed by atoms with van der Waals surface area (Å²) in [6.07, 6.45) is 0. The van der Waals surface area contributed by atoms with Crippen LogP contribution in [0.1, 0.15) is 10.5 Å². The molecule has 2 aromatic rings. The first-order chi connectivity index (χ1) is 9.62. The van der Waals surface area contributed by atoms with Crippen LogP contribution >= 0.6 is 0 Å². The lowest BCUT2D eigenvalue weighted by Crippen LogP contribution is -1.97. The molecule has 0 spiro atoms. The third-order valence-electron chi connectivity index (χ3n) is 2.79. The summed E-state index contributed by atoms with van der Waals surface area (Å²) in [6, 6.07) is 4.81. The van der Waals surface area contributed by atoms with Crippen LogP contribution in [0.3, 0.4) is 0 Å². The molecule has 0 aliphatic heterocycles. The minimum Gasteiger partial charge on any atom is -0.496 e. The van der Waals surface area contributed by atoms with Gasteiger partial charge in [0.1, 0.15) is 17.1 Å². The molecule has 1 aromatic heterocycles. The fraction of sp³-hybridized carbons (Fsp3) is 0.231. The van der Waals surface area contributed by atoms with Gasteiger partial charge in [0.2, 0.25) is 0 Å². The fourth-order valence-corrected chi connectivity index (χ4v) is 1.88. The van der Waals surface area contributed by atoms with Crippen molar-refractivity contribution in [2.45, 2.75) is 0 Å². The van der Waals surface area contributed by atoms with Crippen molar-refractivity contribution in [2.24, 2.45) is 0 Å². The number of carbonyl (C=O) groups is 1. The van der Waals surface area contributed by atoms with Crippen LogP contribution in [0.15, 0.2) is 18.2 Å². The SMILES string of the molecule is COc1ccc(OC)c(-c2cc(C(=O)O)[nH]n2)c1OC. The maximum absolute atomic E-state index is 10.9. The van der Waals surface area contributed by atoms with Crippen molar-refractivity contribution < 1.29 is 24.1 Å². The van der Waals surface area contributed by atoms with Crippen LogP contribution < -0.4 is 14.2 Å². The van der Waals surface area contributed by atoms with Gasteiger partial charge in [0.25, 0.3) is 0 Å². The van der Waals surface area contributed by atoms with Gasteiger partial charge in [-0.3, -0.25) is 5.10 Å². The lowest BCUT2D eigenvalue weighted by Gasteiger charge is -2.14. The van der Waals surface area contributed by atoms with E-state index in [9.17, 15) is 4.79 Å². The maximum Gasteiger partial charge on any atom is 0.353 e. The summed E-state index contributed by atoms with van der Waals surface area (Å²) in [6.45, 7) is 0. The molecule has 0 aliphatic carbocycles. The standard InChI is InChI=1S/C13H14N2O5/c1-18-9-4-5-10(19-2)12(20-3)11(9)7-6-8(13(16)17)15-14-7/h4-6H,1-3H3,(H,14,15)(H,16,17). The third-order valence-corrected chi connectivity index (χ3v) is 2.79. The van der Waals surface area contributed by atoms with Crippen molar-refractivity contribution in [1.29, 1.82) is 0 Å². The second kappa shape index (κ2) is 5.52. The summed E-state index contributed by atoms with van der Waals surface area (Å²) >= 11 is 0. The molecular weight excluding hydrogens is 264 g/mol. The summed E-state index contributed by atoms with van der Waals surface area (Å²) < 4.78 is 15.8. The topological polar surface area (TPSA) is 93.7 Å². The van der Waals surface area contributed by atoms with Gasteiger partial charge in [-0.1, -0.05) is 0 Å². The van der Waals surface area contributed by atoms with Gasteiger partial charge < -0.3 is 19.3 Å². The molecule has 0 unspecified atom stereocenters. The van der Waals surface area contributed by atoms with E-state index in [1.807, 2.05) is 0 Å². The van der Waals surface area contributed by atoms with E-state index in [-0.39, 0.29) is 5.69 Å². The number of carboxylic acids is 1. The number of benzene rings is 1. The summed E-state index contributed by atoms with van der Waals surface area (Å²) in [5.41, 5.74) is 0.903. The molecule has 106 valence electrons. The minimum absolute atomic E-state index is 0.0214. The summed E-state index contributed by atoms with van der Waals surface area (Å²) in [5, 5.41) is 15.4.